The number of nitrogens with zero attached hydrogens (tertiary/aromatic N) is 2. The first-order valence-corrected chi connectivity index (χ1v) is 11.7. The number of carboxylic acids is 1. The molecule has 2 N–H and O–H groups in total. The van der Waals surface area contributed by atoms with E-state index in [0.717, 1.165) is 73.5 Å². The van der Waals surface area contributed by atoms with Crippen LogP contribution in [0.1, 0.15) is 61.4 Å². The highest BCUT2D eigenvalue weighted by atomic mass is 16.6. The van der Waals surface area contributed by atoms with Crippen LogP contribution in [-0.2, 0) is 17.8 Å². The third-order valence-electron chi connectivity index (χ3n) is 6.50. The van der Waals surface area contributed by atoms with Crippen LogP contribution in [0.3, 0.4) is 0 Å². The quantitative estimate of drug-likeness (QED) is 0.483. The molecular formula is C26H33N2O4+. The number of pyridine rings is 1. The minimum Gasteiger partial charge on any atom is -0.481 e. The molecule has 0 spiro atoms. The Morgan fingerprint density at radius 1 is 1.25 bits per heavy atom. The van der Waals surface area contributed by atoms with Crippen LogP contribution in [0.5, 0.6) is 5.75 Å². The Morgan fingerprint density at radius 3 is 2.84 bits per heavy atom. The molecule has 2 aromatic rings. The first kappa shape index (κ1) is 22.3. The molecule has 0 bridgehead atoms. The second-order valence-electron chi connectivity index (χ2n) is 8.73. The number of hydrogen-bond donors (Lipinski definition) is 2. The number of aliphatic hydroxyl groups is 1. The Morgan fingerprint density at radius 2 is 2.09 bits per heavy atom. The van der Waals surface area contributed by atoms with E-state index in [1.54, 1.807) is 0 Å². The topological polar surface area (TPSA) is 73.9 Å². The van der Waals surface area contributed by atoms with Crippen molar-refractivity contribution in [3.05, 3.63) is 52.8 Å². The Bertz CT molecular complexity index is 1030. The maximum absolute atomic E-state index is 10.7. The smallest absolute Gasteiger partial charge is 0.303 e. The number of hydrogen-bond acceptors (Lipinski definition) is 4. The number of benzene rings is 1. The molecule has 4 rings (SSSR count). The number of ether oxygens (including phenoxy) is 1. The number of aryl methyl sites for hydroxylation is 3. The van der Waals surface area contributed by atoms with Crippen molar-refractivity contribution in [3.63, 3.8) is 0 Å². The van der Waals surface area contributed by atoms with Gasteiger partial charge in [0.05, 0.1) is 0 Å². The van der Waals surface area contributed by atoms with E-state index in [0.29, 0.717) is 6.42 Å². The van der Waals surface area contributed by atoms with E-state index in [1.165, 1.54) is 11.3 Å². The van der Waals surface area contributed by atoms with Gasteiger partial charge in [-0.05, 0) is 55.9 Å². The van der Waals surface area contributed by atoms with Crippen LogP contribution < -0.4 is 14.2 Å². The highest BCUT2D eigenvalue weighted by Gasteiger charge is 2.26. The van der Waals surface area contributed by atoms with E-state index >= 15 is 0 Å². The van der Waals surface area contributed by atoms with Crippen molar-refractivity contribution in [1.29, 1.82) is 0 Å². The molecule has 6 heteroatoms. The lowest BCUT2D eigenvalue weighted by atomic mass is 9.94. The van der Waals surface area contributed by atoms with Crippen LogP contribution in [0, 0.1) is 6.92 Å². The summed E-state index contributed by atoms with van der Waals surface area (Å²) in [7, 11) is 0. The zero-order chi connectivity index (χ0) is 22.7. The average Bonchev–Trinajstić information content (AvgIpc) is 2.77. The van der Waals surface area contributed by atoms with Crippen LogP contribution in [0.15, 0.2) is 30.5 Å². The fourth-order valence-corrected chi connectivity index (χ4v) is 4.71. The molecule has 1 unspecified atom stereocenters. The fourth-order valence-electron chi connectivity index (χ4n) is 4.71. The summed E-state index contributed by atoms with van der Waals surface area (Å²) in [4.78, 5) is 13.0. The molecule has 170 valence electrons. The molecule has 0 radical (unpaired) electrons. The number of rotatable bonds is 8. The SMILES string of the molecule is CCN1CCCc2cc3c(cc21)OC(O)C(c1cc[n+](CCCCCC(=O)O)c(C)c1)=C3. The van der Waals surface area contributed by atoms with Gasteiger partial charge in [0.2, 0.25) is 6.29 Å². The molecule has 0 saturated heterocycles. The molecule has 1 aromatic heterocycles. The Labute approximate surface area is 189 Å². The monoisotopic (exact) mass is 437 g/mol. The molecule has 0 saturated carbocycles. The van der Waals surface area contributed by atoms with Crippen LogP contribution >= 0.6 is 0 Å². The first-order chi connectivity index (χ1) is 15.5. The zero-order valence-corrected chi connectivity index (χ0v) is 19.0. The zero-order valence-electron chi connectivity index (χ0n) is 19.0. The molecule has 2 aliphatic heterocycles. The largest absolute Gasteiger partial charge is 0.481 e. The molecule has 0 aliphatic carbocycles. The highest BCUT2D eigenvalue weighted by molar-refractivity contribution is 5.87. The van der Waals surface area contributed by atoms with Gasteiger partial charge in [0, 0.05) is 67.9 Å². The molecule has 1 aromatic carbocycles. The van der Waals surface area contributed by atoms with Gasteiger partial charge in [-0.3, -0.25) is 4.79 Å². The maximum Gasteiger partial charge on any atom is 0.303 e. The number of unbranched alkanes of at least 4 members (excludes halogenated alkanes) is 2. The van der Waals surface area contributed by atoms with Gasteiger partial charge in [0.1, 0.15) is 12.3 Å². The summed E-state index contributed by atoms with van der Waals surface area (Å²) in [6, 6.07) is 8.40. The lowest BCUT2D eigenvalue weighted by Crippen LogP contribution is -2.37. The number of aliphatic hydroxyl groups excluding tert-OH is 1. The van der Waals surface area contributed by atoms with Gasteiger partial charge in [0.15, 0.2) is 11.9 Å². The minimum atomic E-state index is -0.995. The summed E-state index contributed by atoms with van der Waals surface area (Å²) in [6.07, 6.45) is 8.12. The molecule has 6 nitrogen and oxygen atoms in total. The number of aliphatic carboxylic acids is 1. The van der Waals surface area contributed by atoms with E-state index in [9.17, 15) is 9.90 Å². The molecular weight excluding hydrogens is 404 g/mol. The van der Waals surface area contributed by atoms with Crippen molar-refractivity contribution in [2.24, 2.45) is 0 Å². The molecule has 1 atom stereocenters. The van der Waals surface area contributed by atoms with Crippen molar-refractivity contribution in [1.82, 2.24) is 0 Å². The number of aromatic nitrogens is 1. The normalized spacial score (nSPS) is 17.3. The van der Waals surface area contributed by atoms with Gasteiger partial charge in [-0.15, -0.1) is 0 Å². The van der Waals surface area contributed by atoms with Gasteiger partial charge in [-0.25, -0.2) is 4.57 Å². The van der Waals surface area contributed by atoms with Crippen LogP contribution in [0.2, 0.25) is 0 Å². The lowest BCUT2D eigenvalue weighted by molar-refractivity contribution is -0.703. The fraction of sp³-hybridized carbons (Fsp3) is 0.462. The molecule has 2 aliphatic rings. The summed E-state index contributed by atoms with van der Waals surface area (Å²) in [5.74, 6) is 0.00826. The summed E-state index contributed by atoms with van der Waals surface area (Å²) in [6.45, 7) is 7.11. The minimum absolute atomic E-state index is 0.232. The van der Waals surface area contributed by atoms with Crippen molar-refractivity contribution >= 4 is 23.3 Å². The third-order valence-corrected chi connectivity index (χ3v) is 6.50. The highest BCUT2D eigenvalue weighted by Crippen LogP contribution is 2.39. The summed E-state index contributed by atoms with van der Waals surface area (Å²) in [5.41, 5.74) is 6.42. The van der Waals surface area contributed by atoms with E-state index in [1.807, 2.05) is 12.3 Å². The predicted octanol–water partition coefficient (Wildman–Crippen LogP) is 3.95. The van der Waals surface area contributed by atoms with E-state index in [-0.39, 0.29) is 6.42 Å². The second-order valence-corrected chi connectivity index (χ2v) is 8.73. The van der Waals surface area contributed by atoms with Gasteiger partial charge in [0.25, 0.3) is 0 Å². The lowest BCUT2D eigenvalue weighted by Gasteiger charge is -2.32. The van der Waals surface area contributed by atoms with Crippen LogP contribution in [0.25, 0.3) is 11.6 Å². The van der Waals surface area contributed by atoms with Gasteiger partial charge < -0.3 is 19.8 Å². The van der Waals surface area contributed by atoms with Crippen molar-refractivity contribution in [3.8, 4) is 5.75 Å². The average molecular weight is 438 g/mol. The van der Waals surface area contributed by atoms with Crippen molar-refractivity contribution < 1.29 is 24.3 Å². The number of carbonyl (C=O) groups is 1. The first-order valence-electron chi connectivity index (χ1n) is 11.7. The number of anilines is 1. The Balaban J connectivity index is 1.52. The molecule has 0 amide bonds. The van der Waals surface area contributed by atoms with E-state index < -0.39 is 12.3 Å². The van der Waals surface area contributed by atoms with Gasteiger partial charge in [-0.2, -0.15) is 0 Å². The molecule has 3 heterocycles. The van der Waals surface area contributed by atoms with Crippen molar-refractivity contribution in [2.75, 3.05) is 18.0 Å². The van der Waals surface area contributed by atoms with Crippen LogP contribution in [0.4, 0.5) is 5.69 Å². The van der Waals surface area contributed by atoms with E-state index in [2.05, 4.69) is 47.6 Å². The predicted molar refractivity (Wildman–Crippen MR) is 125 cm³/mol. The number of carboxylic acid groups (broad SMARTS) is 1. The van der Waals surface area contributed by atoms with Crippen LogP contribution in [-0.4, -0.2) is 35.6 Å². The molecule has 32 heavy (non-hydrogen) atoms. The molecule has 0 fully saturated rings. The maximum atomic E-state index is 10.7. The number of fused-ring (bicyclic) bond motifs is 2. The summed E-state index contributed by atoms with van der Waals surface area (Å²) < 4.78 is 8.12. The Hall–Kier alpha value is -2.86. The summed E-state index contributed by atoms with van der Waals surface area (Å²) >= 11 is 0. The summed E-state index contributed by atoms with van der Waals surface area (Å²) in [5, 5.41) is 19.5. The van der Waals surface area contributed by atoms with E-state index in [4.69, 9.17) is 9.84 Å². The standard InChI is InChI=1S/C26H32N2O4/c1-3-27-12-7-8-20-15-21-16-22(26(31)32-24(21)17-23(20)27)19-10-13-28(18(2)14-19)11-6-4-5-9-25(29)30/h10,13-17,26,31H,3-9,11-12H2,1-2H3/p+1. The second kappa shape index (κ2) is 9.74. The van der Waals surface area contributed by atoms with Gasteiger partial charge >= 0.3 is 5.97 Å². The third kappa shape index (κ3) is 4.80. The van der Waals surface area contributed by atoms with Gasteiger partial charge in [-0.1, -0.05) is 0 Å². The Kier molecular flexibility index (Phi) is 6.80. The van der Waals surface area contributed by atoms with Crippen molar-refractivity contribution in [2.45, 2.75) is 65.2 Å².